The SMILES string of the molecule is CCOC(=O)C1=C(COCCN(CC(=O)OC)C(N)=O)N=C(C)C(C(=O)OC)C1c1ccccc1Cl. The number of urea groups is 1. The second-order valence-corrected chi connectivity index (χ2v) is 8.13. The molecule has 0 radical (unpaired) electrons. The summed E-state index contributed by atoms with van der Waals surface area (Å²) in [5, 5.41) is 0.355. The number of hydrogen-bond acceptors (Lipinski definition) is 9. The molecule has 11 nitrogen and oxygen atoms in total. The Labute approximate surface area is 214 Å². The number of amides is 2. The Bertz CT molecular complexity index is 1060. The molecular weight excluding hydrogens is 494 g/mol. The van der Waals surface area contributed by atoms with Gasteiger partial charge in [-0.3, -0.25) is 14.6 Å². The number of hydrogen-bond donors (Lipinski definition) is 1. The predicted molar refractivity (Wildman–Crippen MR) is 130 cm³/mol. The summed E-state index contributed by atoms with van der Waals surface area (Å²) in [6, 6.07) is 6.04. The molecule has 196 valence electrons. The van der Waals surface area contributed by atoms with E-state index in [0.717, 1.165) is 4.90 Å². The number of rotatable bonds is 11. The van der Waals surface area contributed by atoms with Crippen LogP contribution in [0, 0.1) is 5.92 Å². The van der Waals surface area contributed by atoms with Gasteiger partial charge in [-0.15, -0.1) is 0 Å². The average molecular weight is 524 g/mol. The predicted octanol–water partition coefficient (Wildman–Crippen LogP) is 2.07. The summed E-state index contributed by atoms with van der Waals surface area (Å²) < 4.78 is 20.5. The van der Waals surface area contributed by atoms with Crippen molar-refractivity contribution in [2.24, 2.45) is 16.6 Å². The van der Waals surface area contributed by atoms with Crippen LogP contribution >= 0.6 is 11.6 Å². The lowest BCUT2D eigenvalue weighted by atomic mass is 9.75. The Morgan fingerprint density at radius 3 is 2.42 bits per heavy atom. The third kappa shape index (κ3) is 7.05. The molecule has 0 saturated heterocycles. The van der Waals surface area contributed by atoms with E-state index in [1.165, 1.54) is 14.2 Å². The van der Waals surface area contributed by atoms with Gasteiger partial charge in [-0.05, 0) is 25.5 Å². The molecule has 2 amide bonds. The zero-order chi connectivity index (χ0) is 26.8. The fourth-order valence-corrected chi connectivity index (χ4v) is 4.07. The molecule has 2 unspecified atom stereocenters. The summed E-state index contributed by atoms with van der Waals surface area (Å²) in [4.78, 5) is 54.5. The number of primary amides is 1. The van der Waals surface area contributed by atoms with E-state index in [2.05, 4.69) is 9.73 Å². The second kappa shape index (κ2) is 13.6. The molecule has 0 saturated carbocycles. The van der Waals surface area contributed by atoms with Crippen LogP contribution in [0.25, 0.3) is 0 Å². The van der Waals surface area contributed by atoms with Crippen molar-refractivity contribution < 1.29 is 38.1 Å². The molecule has 2 rings (SSSR count). The highest BCUT2D eigenvalue weighted by molar-refractivity contribution is 6.31. The molecule has 1 aliphatic heterocycles. The van der Waals surface area contributed by atoms with Gasteiger partial charge in [0.05, 0.1) is 45.3 Å². The maximum atomic E-state index is 13.1. The van der Waals surface area contributed by atoms with Crippen molar-refractivity contribution in [1.82, 2.24) is 4.90 Å². The van der Waals surface area contributed by atoms with Crippen LogP contribution in [0.2, 0.25) is 5.02 Å². The van der Waals surface area contributed by atoms with Crippen molar-refractivity contribution in [3.63, 3.8) is 0 Å². The first-order valence-corrected chi connectivity index (χ1v) is 11.5. The first-order chi connectivity index (χ1) is 17.2. The number of benzene rings is 1. The maximum Gasteiger partial charge on any atom is 0.336 e. The molecule has 1 aromatic rings. The number of carbonyl (C=O) groups excluding carboxylic acids is 4. The van der Waals surface area contributed by atoms with Gasteiger partial charge < -0.3 is 29.6 Å². The Kier molecular flexibility index (Phi) is 10.9. The van der Waals surface area contributed by atoms with Crippen LogP contribution in [-0.2, 0) is 33.3 Å². The molecule has 1 aromatic carbocycles. The lowest BCUT2D eigenvalue weighted by molar-refractivity contribution is -0.144. The van der Waals surface area contributed by atoms with Crippen LogP contribution in [0.4, 0.5) is 4.79 Å². The van der Waals surface area contributed by atoms with Crippen molar-refractivity contribution >= 4 is 41.3 Å². The van der Waals surface area contributed by atoms with Crippen LogP contribution in [0.3, 0.4) is 0 Å². The van der Waals surface area contributed by atoms with E-state index in [4.69, 9.17) is 31.5 Å². The summed E-state index contributed by atoms with van der Waals surface area (Å²) in [5.41, 5.74) is 6.60. The minimum Gasteiger partial charge on any atom is -0.468 e. The molecule has 0 bridgehead atoms. The zero-order valence-corrected chi connectivity index (χ0v) is 21.4. The highest BCUT2D eigenvalue weighted by atomic mass is 35.5. The molecule has 1 heterocycles. The Hall–Kier alpha value is -3.44. The molecule has 0 fully saturated rings. The second-order valence-electron chi connectivity index (χ2n) is 7.72. The highest BCUT2D eigenvalue weighted by Crippen LogP contribution is 2.42. The van der Waals surface area contributed by atoms with E-state index in [1.807, 2.05) is 0 Å². The first-order valence-electron chi connectivity index (χ1n) is 11.1. The van der Waals surface area contributed by atoms with Gasteiger partial charge in [-0.2, -0.15) is 0 Å². The molecule has 2 N–H and O–H groups in total. The largest absolute Gasteiger partial charge is 0.468 e. The fourth-order valence-electron chi connectivity index (χ4n) is 3.82. The van der Waals surface area contributed by atoms with Gasteiger partial charge in [0, 0.05) is 23.2 Å². The van der Waals surface area contributed by atoms with Gasteiger partial charge in [-0.1, -0.05) is 29.8 Å². The number of methoxy groups -OCH3 is 2. The fraction of sp³-hybridized carbons (Fsp3) is 0.458. The first kappa shape index (κ1) is 28.8. The smallest absolute Gasteiger partial charge is 0.336 e. The van der Waals surface area contributed by atoms with Gasteiger partial charge in [0.25, 0.3) is 0 Å². The summed E-state index contributed by atoms with van der Waals surface area (Å²) in [7, 11) is 2.45. The third-order valence-electron chi connectivity index (χ3n) is 5.51. The number of aliphatic imine (C=N–C) groups is 1. The van der Waals surface area contributed by atoms with E-state index in [-0.39, 0.29) is 44.2 Å². The molecule has 0 spiro atoms. The van der Waals surface area contributed by atoms with Crippen LogP contribution in [0.1, 0.15) is 25.3 Å². The molecule has 0 aromatic heterocycles. The average Bonchev–Trinajstić information content (AvgIpc) is 2.85. The van der Waals surface area contributed by atoms with Crippen LogP contribution in [0.15, 0.2) is 40.5 Å². The van der Waals surface area contributed by atoms with Gasteiger partial charge in [0.15, 0.2) is 0 Å². The van der Waals surface area contributed by atoms with E-state index >= 15 is 0 Å². The Balaban J connectivity index is 2.42. The van der Waals surface area contributed by atoms with Crippen molar-refractivity contribution in [2.75, 3.05) is 47.1 Å². The summed E-state index contributed by atoms with van der Waals surface area (Å²) in [5.74, 6) is -3.63. The maximum absolute atomic E-state index is 13.1. The van der Waals surface area contributed by atoms with Gasteiger partial charge >= 0.3 is 23.9 Å². The number of ether oxygens (including phenoxy) is 4. The molecule has 36 heavy (non-hydrogen) atoms. The van der Waals surface area contributed by atoms with Crippen molar-refractivity contribution in [2.45, 2.75) is 19.8 Å². The number of carbonyl (C=O) groups is 4. The molecule has 1 aliphatic rings. The van der Waals surface area contributed by atoms with E-state index in [1.54, 1.807) is 38.1 Å². The quantitative estimate of drug-likeness (QED) is 0.263. The monoisotopic (exact) mass is 523 g/mol. The molecule has 12 heteroatoms. The Morgan fingerprint density at radius 2 is 1.83 bits per heavy atom. The molecule has 2 atom stereocenters. The normalized spacial score (nSPS) is 17.2. The summed E-state index contributed by atoms with van der Waals surface area (Å²) in [6.45, 7) is 2.90. The van der Waals surface area contributed by atoms with Gasteiger partial charge in [-0.25, -0.2) is 9.59 Å². The van der Waals surface area contributed by atoms with E-state index in [0.29, 0.717) is 16.3 Å². The minimum absolute atomic E-state index is 0.00607. The number of halogens is 1. The number of nitrogens with zero attached hydrogens (tertiary/aromatic N) is 2. The van der Waals surface area contributed by atoms with Gasteiger partial charge in [0.1, 0.15) is 12.5 Å². The highest BCUT2D eigenvalue weighted by Gasteiger charge is 2.43. The number of esters is 3. The lowest BCUT2D eigenvalue weighted by Crippen LogP contribution is -2.42. The minimum atomic E-state index is -0.913. The van der Waals surface area contributed by atoms with E-state index in [9.17, 15) is 19.2 Å². The topological polar surface area (TPSA) is 147 Å². The zero-order valence-electron chi connectivity index (χ0n) is 20.6. The summed E-state index contributed by atoms with van der Waals surface area (Å²) in [6.07, 6.45) is 0. The van der Waals surface area contributed by atoms with Crippen molar-refractivity contribution in [1.29, 1.82) is 0 Å². The lowest BCUT2D eigenvalue weighted by Gasteiger charge is -2.32. The van der Waals surface area contributed by atoms with Crippen LogP contribution < -0.4 is 5.73 Å². The van der Waals surface area contributed by atoms with Gasteiger partial charge in [0.2, 0.25) is 0 Å². The van der Waals surface area contributed by atoms with Crippen molar-refractivity contribution in [3.05, 3.63) is 46.1 Å². The van der Waals surface area contributed by atoms with Crippen molar-refractivity contribution in [3.8, 4) is 0 Å². The number of nitrogens with two attached hydrogens (primary N) is 1. The summed E-state index contributed by atoms with van der Waals surface area (Å²) >= 11 is 6.47. The molecular formula is C24H30ClN3O8. The third-order valence-corrected chi connectivity index (χ3v) is 5.86. The molecule has 0 aliphatic carbocycles. The van der Waals surface area contributed by atoms with Crippen LogP contribution in [0.5, 0.6) is 0 Å². The van der Waals surface area contributed by atoms with Crippen LogP contribution in [-0.4, -0.2) is 81.7 Å². The Morgan fingerprint density at radius 1 is 1.14 bits per heavy atom. The standard InChI is InChI=1S/C24H30ClN3O8/c1-5-36-23(31)21-17(13-35-11-10-28(24(26)32)12-18(29)33-3)27-14(2)19(22(30)34-4)20(21)15-8-6-7-9-16(15)25/h6-9,19-20H,5,10-13H2,1-4H3,(H2,26,32). The van der Waals surface area contributed by atoms with E-state index < -0.39 is 35.8 Å².